The molecule has 0 heterocycles. The summed E-state index contributed by atoms with van der Waals surface area (Å²) in [6.07, 6.45) is 24.1. The van der Waals surface area contributed by atoms with E-state index in [1.807, 2.05) is 12.2 Å². The summed E-state index contributed by atoms with van der Waals surface area (Å²) in [4.78, 5) is 55.5. The molecule has 302 valence electrons. The van der Waals surface area contributed by atoms with Crippen molar-refractivity contribution in [2.45, 2.75) is 180 Å². The van der Waals surface area contributed by atoms with Crippen molar-refractivity contribution in [2.75, 3.05) is 13.2 Å². The molecule has 0 aliphatic heterocycles. The van der Waals surface area contributed by atoms with Gasteiger partial charge in [-0.05, 0) is 38.0 Å². The zero-order valence-electron chi connectivity index (χ0n) is 32.3. The molecule has 0 aromatic rings. The van der Waals surface area contributed by atoms with E-state index in [9.17, 15) is 29.2 Å². The lowest BCUT2D eigenvalue weighted by Gasteiger charge is -2.18. The molecule has 1 unspecified atom stereocenters. The fraction of sp³-hybridized carbons (Fsp3) is 0.825. The summed E-state index contributed by atoms with van der Waals surface area (Å²) in [7, 11) is -4.83. The van der Waals surface area contributed by atoms with Crippen LogP contribution in [0.4, 0.5) is 0 Å². The smallest absolute Gasteiger partial charge is 0.462 e. The van der Waals surface area contributed by atoms with Crippen LogP contribution in [-0.2, 0) is 32.9 Å². The summed E-state index contributed by atoms with van der Waals surface area (Å²) < 4.78 is 26.3. The summed E-state index contributed by atoms with van der Waals surface area (Å²) in [6, 6.07) is 0. The number of ketones is 1. The van der Waals surface area contributed by atoms with E-state index in [-0.39, 0.29) is 43.5 Å². The second-order valence-electron chi connectivity index (χ2n) is 14.6. The average Bonchev–Trinajstić information content (AvgIpc) is 3.37. The van der Waals surface area contributed by atoms with Crippen LogP contribution in [0.25, 0.3) is 0 Å². The van der Waals surface area contributed by atoms with Gasteiger partial charge in [-0.3, -0.25) is 18.9 Å². The van der Waals surface area contributed by atoms with Gasteiger partial charge in [-0.25, -0.2) is 4.57 Å². The van der Waals surface area contributed by atoms with Crippen LogP contribution in [0.2, 0.25) is 0 Å². The lowest BCUT2D eigenvalue weighted by molar-refractivity contribution is -0.161. The molecule has 0 spiro atoms. The van der Waals surface area contributed by atoms with Crippen LogP contribution < -0.4 is 0 Å². The Bertz CT molecular complexity index is 1070. The molecule has 1 aliphatic rings. The molecule has 0 amide bonds. The molecule has 0 saturated heterocycles. The molecule has 1 rings (SSSR count). The van der Waals surface area contributed by atoms with E-state index in [4.69, 9.17) is 19.3 Å². The summed E-state index contributed by atoms with van der Waals surface area (Å²) >= 11 is 0. The van der Waals surface area contributed by atoms with Gasteiger partial charge in [-0.2, -0.15) is 0 Å². The average molecular weight is 759 g/mol. The monoisotopic (exact) mass is 758 g/mol. The van der Waals surface area contributed by atoms with Gasteiger partial charge in [0.05, 0.1) is 18.8 Å². The van der Waals surface area contributed by atoms with E-state index in [1.54, 1.807) is 12.2 Å². The van der Waals surface area contributed by atoms with Crippen LogP contribution in [0, 0.1) is 17.8 Å². The highest BCUT2D eigenvalue weighted by molar-refractivity contribution is 7.46. The number of aliphatic hydroxyl groups is 2. The van der Waals surface area contributed by atoms with E-state index in [1.165, 1.54) is 51.4 Å². The predicted molar refractivity (Wildman–Crippen MR) is 203 cm³/mol. The minimum absolute atomic E-state index is 0.0146. The van der Waals surface area contributed by atoms with Gasteiger partial charge >= 0.3 is 19.8 Å². The number of hydrogen-bond donors (Lipinski definition) is 4. The minimum Gasteiger partial charge on any atom is -0.462 e. The molecular formula is C40H71O11P. The Hall–Kier alpha value is -1.88. The Morgan fingerprint density at radius 3 is 2.10 bits per heavy atom. The number of phosphoric ester groups is 1. The lowest BCUT2D eigenvalue weighted by atomic mass is 9.90. The van der Waals surface area contributed by atoms with Crippen LogP contribution in [-0.4, -0.2) is 69.2 Å². The van der Waals surface area contributed by atoms with Crippen LogP contribution in [0.3, 0.4) is 0 Å². The minimum atomic E-state index is -4.83. The highest BCUT2D eigenvalue weighted by Crippen LogP contribution is 2.36. The van der Waals surface area contributed by atoms with Gasteiger partial charge in [0.1, 0.15) is 12.4 Å². The number of carbonyl (C=O) groups excluding carboxylic acids is 3. The first-order chi connectivity index (χ1) is 24.9. The highest BCUT2D eigenvalue weighted by atomic mass is 31.2. The molecule has 11 nitrogen and oxygen atoms in total. The first-order valence-electron chi connectivity index (χ1n) is 20.1. The Morgan fingerprint density at radius 1 is 0.846 bits per heavy atom. The fourth-order valence-corrected chi connectivity index (χ4v) is 6.75. The number of hydrogen-bond acceptors (Lipinski definition) is 9. The maximum absolute atomic E-state index is 12.5. The largest absolute Gasteiger partial charge is 0.469 e. The first kappa shape index (κ1) is 48.1. The van der Waals surface area contributed by atoms with Gasteiger partial charge in [-0.15, -0.1) is 0 Å². The van der Waals surface area contributed by atoms with E-state index in [0.717, 1.165) is 44.4 Å². The van der Waals surface area contributed by atoms with E-state index < -0.39 is 44.7 Å². The van der Waals surface area contributed by atoms with Gasteiger partial charge in [0, 0.05) is 31.1 Å². The van der Waals surface area contributed by atoms with Crippen LogP contribution in [0.15, 0.2) is 24.3 Å². The maximum atomic E-state index is 12.5. The number of Topliss-reactive ketones (excluding diaryl/α,β-unsaturated/α-hetero) is 1. The van der Waals surface area contributed by atoms with Gasteiger partial charge in [-0.1, -0.05) is 135 Å². The molecular weight excluding hydrogens is 687 g/mol. The van der Waals surface area contributed by atoms with Crippen molar-refractivity contribution in [2.24, 2.45) is 17.8 Å². The normalized spacial score (nSPS) is 19.8. The fourth-order valence-electron chi connectivity index (χ4n) is 6.39. The van der Waals surface area contributed by atoms with E-state index in [0.29, 0.717) is 32.1 Å². The topological polar surface area (TPSA) is 177 Å². The van der Waals surface area contributed by atoms with Crippen molar-refractivity contribution in [3.63, 3.8) is 0 Å². The van der Waals surface area contributed by atoms with Crippen LogP contribution in [0.5, 0.6) is 0 Å². The standard InChI is InChI=1S/C40H71O11P/c1-4-6-17-23-33(41)27-28-36-35(37(42)29-38(36)43)24-19-15-16-21-26-40(45)51-34(31-50-52(46,47)48)30-49-39(44)25-20-14-12-10-8-7-9-11-13-18-22-32(3)5-2/h15,19,27-28,32-36,38,41,43H,4-14,16-18,20-26,29-31H2,1-3H3,(H2,46,47,48)/b19-15-,28-27+/t32?,33-,34+,35+,36+,38+/m0/s1. The summed E-state index contributed by atoms with van der Waals surface area (Å²) in [5.74, 6) is -0.992. The number of allylic oxidation sites excluding steroid dienone is 2. The number of esters is 2. The SMILES string of the molecule is CCCCC[C@H](O)/C=C/[C@H]1[C@H](O)CC(=O)[C@@H]1C/C=C\CCCC(=O)O[C@H](COC(=O)CCCCCCCCCCCCC(C)CC)COP(=O)(O)O. The highest BCUT2D eigenvalue weighted by Gasteiger charge is 2.39. The number of phosphoric acid groups is 1. The summed E-state index contributed by atoms with van der Waals surface area (Å²) in [5.41, 5.74) is 0. The number of ether oxygens (including phenoxy) is 2. The molecule has 0 bridgehead atoms. The van der Waals surface area contributed by atoms with Gasteiger partial charge in [0.15, 0.2) is 6.10 Å². The quantitative estimate of drug-likeness (QED) is 0.0224. The Morgan fingerprint density at radius 2 is 1.46 bits per heavy atom. The van der Waals surface area contributed by atoms with Crippen molar-refractivity contribution in [1.29, 1.82) is 0 Å². The molecule has 12 heteroatoms. The van der Waals surface area contributed by atoms with Crippen LogP contribution >= 0.6 is 7.82 Å². The third-order valence-corrected chi connectivity index (χ3v) is 10.4. The van der Waals surface area contributed by atoms with E-state index in [2.05, 4.69) is 25.3 Å². The molecule has 1 saturated carbocycles. The van der Waals surface area contributed by atoms with Crippen molar-refractivity contribution in [1.82, 2.24) is 0 Å². The lowest BCUT2D eigenvalue weighted by Crippen LogP contribution is -2.29. The second-order valence-corrected chi connectivity index (χ2v) is 15.9. The van der Waals surface area contributed by atoms with Gasteiger partial charge in [0.25, 0.3) is 0 Å². The first-order valence-corrected chi connectivity index (χ1v) is 21.7. The zero-order chi connectivity index (χ0) is 38.6. The zero-order valence-corrected chi connectivity index (χ0v) is 33.2. The molecule has 0 aromatic heterocycles. The van der Waals surface area contributed by atoms with Crippen LogP contribution in [0.1, 0.15) is 162 Å². The number of aliphatic hydroxyl groups excluding tert-OH is 2. The molecule has 52 heavy (non-hydrogen) atoms. The third kappa shape index (κ3) is 25.2. The molecule has 4 N–H and O–H groups in total. The Kier molecular flexibility index (Phi) is 27.3. The number of carbonyl (C=O) groups is 3. The van der Waals surface area contributed by atoms with Crippen molar-refractivity contribution < 1.29 is 52.9 Å². The molecule has 1 fully saturated rings. The van der Waals surface area contributed by atoms with Gasteiger partial charge in [0.2, 0.25) is 0 Å². The van der Waals surface area contributed by atoms with E-state index >= 15 is 0 Å². The molecule has 0 aromatic carbocycles. The predicted octanol–water partition coefficient (Wildman–Crippen LogP) is 8.46. The molecule has 0 radical (unpaired) electrons. The summed E-state index contributed by atoms with van der Waals surface area (Å²) in [6.45, 7) is 5.68. The Labute approximate surface area is 313 Å². The van der Waals surface area contributed by atoms with Crippen molar-refractivity contribution >= 4 is 25.5 Å². The molecule has 6 atom stereocenters. The third-order valence-electron chi connectivity index (χ3n) is 9.88. The number of unbranched alkanes of at least 4 members (excludes halogenated alkanes) is 12. The maximum Gasteiger partial charge on any atom is 0.469 e. The summed E-state index contributed by atoms with van der Waals surface area (Å²) in [5, 5.41) is 20.6. The number of rotatable bonds is 32. The van der Waals surface area contributed by atoms with Crippen molar-refractivity contribution in [3.05, 3.63) is 24.3 Å². The van der Waals surface area contributed by atoms with Gasteiger partial charge < -0.3 is 29.5 Å². The second kappa shape index (κ2) is 29.5. The molecule has 1 aliphatic carbocycles. The Balaban J connectivity index is 2.33. The van der Waals surface area contributed by atoms with Crippen molar-refractivity contribution in [3.8, 4) is 0 Å².